The molecule has 1 heterocycles. The smallest absolute Gasteiger partial charge is 0.254 e. The van der Waals surface area contributed by atoms with Gasteiger partial charge in [0.25, 0.3) is 5.91 Å². The van der Waals surface area contributed by atoms with Gasteiger partial charge in [-0.25, -0.2) is 4.39 Å². The highest BCUT2D eigenvalue weighted by Gasteiger charge is 2.41. The summed E-state index contributed by atoms with van der Waals surface area (Å²) in [4.78, 5) is 27.3. The highest BCUT2D eigenvalue weighted by Crippen LogP contribution is 2.46. The van der Waals surface area contributed by atoms with E-state index in [9.17, 15) is 14.0 Å². The molecule has 6 heteroatoms. The van der Waals surface area contributed by atoms with Crippen molar-refractivity contribution >= 4 is 17.4 Å². The number of hydrogen-bond acceptors (Lipinski definition) is 4. The zero-order valence-corrected chi connectivity index (χ0v) is 20.2. The molecular formula is C30H27FN2O3. The number of methoxy groups -OCH3 is 1. The molecule has 0 bridgehead atoms. The minimum absolute atomic E-state index is 0.0185. The predicted molar refractivity (Wildman–Crippen MR) is 137 cm³/mol. The lowest BCUT2D eigenvalue weighted by Gasteiger charge is -2.37. The molecule has 3 aromatic rings. The largest absolute Gasteiger partial charge is 0.497 e. The SMILES string of the molecule is COc1cccc(C2C(C(=O)Nc3ccc(F)cc3)=C(C)NC3=C2C(=O)CC(c2ccccc2)C3)c1. The van der Waals surface area contributed by atoms with Gasteiger partial charge < -0.3 is 15.4 Å². The van der Waals surface area contributed by atoms with E-state index < -0.39 is 5.92 Å². The number of ether oxygens (including phenoxy) is 1. The molecule has 5 nitrogen and oxygen atoms in total. The van der Waals surface area contributed by atoms with Crippen LogP contribution in [0.15, 0.2) is 101 Å². The van der Waals surface area contributed by atoms with Crippen LogP contribution in [0.2, 0.25) is 0 Å². The molecule has 2 aliphatic rings. The van der Waals surface area contributed by atoms with Gasteiger partial charge in [0.05, 0.1) is 7.11 Å². The molecule has 2 atom stereocenters. The van der Waals surface area contributed by atoms with Crippen LogP contribution in [-0.2, 0) is 9.59 Å². The van der Waals surface area contributed by atoms with E-state index in [4.69, 9.17) is 4.74 Å². The Bertz CT molecular complexity index is 1380. The first-order chi connectivity index (χ1) is 17.4. The topological polar surface area (TPSA) is 67.4 Å². The number of nitrogens with one attached hydrogen (secondary N) is 2. The van der Waals surface area contributed by atoms with Crippen molar-refractivity contribution in [2.75, 3.05) is 12.4 Å². The van der Waals surface area contributed by atoms with E-state index in [1.807, 2.05) is 49.4 Å². The lowest BCUT2D eigenvalue weighted by atomic mass is 9.71. The number of amides is 1. The van der Waals surface area contributed by atoms with Gasteiger partial charge in [-0.3, -0.25) is 9.59 Å². The van der Waals surface area contributed by atoms with Crippen molar-refractivity contribution in [3.63, 3.8) is 0 Å². The standard InChI is InChI=1S/C30H27FN2O3/c1-18-27(30(35)33-23-13-11-22(31)12-14-23)28(20-9-6-10-24(15-20)36-2)29-25(32-18)16-21(17-26(29)34)19-7-4-3-5-8-19/h3-15,21,28,32H,16-17H2,1-2H3,(H,33,35). The Labute approximate surface area is 209 Å². The number of dihydropyridines is 1. The van der Waals surface area contributed by atoms with Crippen LogP contribution in [0.25, 0.3) is 0 Å². The van der Waals surface area contributed by atoms with Crippen molar-refractivity contribution < 1.29 is 18.7 Å². The number of hydrogen-bond donors (Lipinski definition) is 2. The summed E-state index contributed by atoms with van der Waals surface area (Å²) in [6.07, 6.45) is 1.05. The number of halogens is 1. The number of Topliss-reactive ketones (excluding diaryl/α,β-unsaturated/α-hetero) is 1. The third-order valence-corrected chi connectivity index (χ3v) is 6.87. The van der Waals surface area contributed by atoms with Crippen LogP contribution in [0.4, 0.5) is 10.1 Å². The number of carbonyl (C=O) groups is 2. The van der Waals surface area contributed by atoms with E-state index in [1.165, 1.54) is 24.3 Å². The minimum Gasteiger partial charge on any atom is -0.497 e. The summed E-state index contributed by atoms with van der Waals surface area (Å²) < 4.78 is 18.8. The Morgan fingerprint density at radius 3 is 2.42 bits per heavy atom. The minimum atomic E-state index is -0.555. The highest BCUT2D eigenvalue weighted by molar-refractivity contribution is 6.10. The first kappa shape index (κ1) is 23.5. The first-order valence-electron chi connectivity index (χ1n) is 11.9. The van der Waals surface area contributed by atoms with E-state index in [1.54, 1.807) is 7.11 Å². The first-order valence-corrected chi connectivity index (χ1v) is 11.9. The average molecular weight is 483 g/mol. The van der Waals surface area contributed by atoms with E-state index in [0.29, 0.717) is 41.1 Å². The van der Waals surface area contributed by atoms with Crippen LogP contribution < -0.4 is 15.4 Å². The van der Waals surface area contributed by atoms with Crippen molar-refractivity contribution in [1.82, 2.24) is 5.32 Å². The molecule has 3 aromatic carbocycles. The maximum atomic E-state index is 13.7. The maximum Gasteiger partial charge on any atom is 0.254 e. The van der Waals surface area contributed by atoms with Gasteiger partial charge in [-0.15, -0.1) is 0 Å². The second-order valence-corrected chi connectivity index (χ2v) is 9.17. The third-order valence-electron chi connectivity index (χ3n) is 6.87. The summed E-state index contributed by atoms with van der Waals surface area (Å²) in [6.45, 7) is 1.85. The quantitative estimate of drug-likeness (QED) is 0.480. The third kappa shape index (κ3) is 4.54. The van der Waals surface area contributed by atoms with Crippen molar-refractivity contribution in [3.8, 4) is 5.75 Å². The van der Waals surface area contributed by atoms with Crippen LogP contribution >= 0.6 is 0 Å². The molecule has 1 amide bonds. The molecule has 0 spiro atoms. The molecule has 5 rings (SSSR count). The molecule has 0 fully saturated rings. The van der Waals surface area contributed by atoms with Gasteiger partial charge in [0, 0.05) is 40.6 Å². The summed E-state index contributed by atoms with van der Waals surface area (Å²) >= 11 is 0. The molecule has 0 saturated carbocycles. The molecule has 1 aliphatic heterocycles. The van der Waals surface area contributed by atoms with E-state index in [0.717, 1.165) is 16.8 Å². The van der Waals surface area contributed by atoms with Crippen LogP contribution in [0.5, 0.6) is 5.75 Å². The number of anilines is 1. The fourth-order valence-corrected chi connectivity index (χ4v) is 5.19. The summed E-state index contributed by atoms with van der Waals surface area (Å²) in [6, 6.07) is 23.1. The van der Waals surface area contributed by atoms with Crippen LogP contribution in [0.3, 0.4) is 0 Å². The van der Waals surface area contributed by atoms with Crippen LogP contribution in [0.1, 0.15) is 42.7 Å². The summed E-state index contributed by atoms with van der Waals surface area (Å²) in [5, 5.41) is 6.26. The molecule has 36 heavy (non-hydrogen) atoms. The summed E-state index contributed by atoms with van der Waals surface area (Å²) in [5.74, 6) is -0.546. The number of carbonyl (C=O) groups excluding carboxylic acids is 2. The fourth-order valence-electron chi connectivity index (χ4n) is 5.19. The van der Waals surface area contributed by atoms with Gasteiger partial charge in [0.15, 0.2) is 5.78 Å². The van der Waals surface area contributed by atoms with Crippen molar-refractivity contribution in [1.29, 1.82) is 0 Å². The Morgan fingerprint density at radius 2 is 1.69 bits per heavy atom. The van der Waals surface area contributed by atoms with E-state index in [-0.39, 0.29) is 23.4 Å². The lowest BCUT2D eigenvalue weighted by Crippen LogP contribution is -2.37. The molecule has 1 aliphatic carbocycles. The van der Waals surface area contributed by atoms with Gasteiger partial charge >= 0.3 is 0 Å². The number of rotatable bonds is 5. The van der Waals surface area contributed by atoms with E-state index in [2.05, 4.69) is 22.8 Å². The Balaban J connectivity index is 1.57. The van der Waals surface area contributed by atoms with Crippen LogP contribution in [-0.4, -0.2) is 18.8 Å². The number of ketones is 1. The Kier molecular flexibility index (Phi) is 6.42. The normalized spacial score (nSPS) is 19.5. The second kappa shape index (κ2) is 9.82. The molecule has 2 N–H and O–H groups in total. The molecule has 2 unspecified atom stereocenters. The summed E-state index contributed by atoms with van der Waals surface area (Å²) in [5.41, 5.74) is 5.01. The molecule has 0 radical (unpaired) electrons. The molecule has 0 saturated heterocycles. The van der Waals surface area contributed by atoms with Crippen molar-refractivity contribution in [2.24, 2.45) is 0 Å². The molecular weight excluding hydrogens is 455 g/mol. The van der Waals surface area contributed by atoms with E-state index >= 15 is 0 Å². The number of benzene rings is 3. The molecule has 0 aromatic heterocycles. The second-order valence-electron chi connectivity index (χ2n) is 9.17. The Hall–Kier alpha value is -4.19. The average Bonchev–Trinajstić information content (AvgIpc) is 2.89. The van der Waals surface area contributed by atoms with Gasteiger partial charge in [0.1, 0.15) is 11.6 Å². The van der Waals surface area contributed by atoms with Crippen molar-refractivity contribution in [3.05, 3.63) is 118 Å². The van der Waals surface area contributed by atoms with Crippen LogP contribution in [0, 0.1) is 5.82 Å². The van der Waals surface area contributed by atoms with Gasteiger partial charge in [0.2, 0.25) is 0 Å². The van der Waals surface area contributed by atoms with Gasteiger partial charge in [-0.2, -0.15) is 0 Å². The lowest BCUT2D eigenvalue weighted by molar-refractivity contribution is -0.116. The van der Waals surface area contributed by atoms with Gasteiger partial charge in [-0.05, 0) is 66.8 Å². The zero-order valence-electron chi connectivity index (χ0n) is 20.2. The van der Waals surface area contributed by atoms with Crippen molar-refractivity contribution in [2.45, 2.75) is 31.6 Å². The maximum absolute atomic E-state index is 13.7. The Morgan fingerprint density at radius 1 is 0.972 bits per heavy atom. The fraction of sp³-hybridized carbons (Fsp3) is 0.200. The van der Waals surface area contributed by atoms with Gasteiger partial charge in [-0.1, -0.05) is 42.5 Å². The highest BCUT2D eigenvalue weighted by atomic mass is 19.1. The monoisotopic (exact) mass is 482 g/mol. The molecule has 182 valence electrons. The zero-order chi connectivity index (χ0) is 25.2. The summed E-state index contributed by atoms with van der Waals surface area (Å²) in [7, 11) is 1.59. The predicted octanol–water partition coefficient (Wildman–Crippen LogP) is 5.83. The number of allylic oxidation sites excluding steroid dienone is 3.